The molecule has 10 heteroatoms. The zero-order chi connectivity index (χ0) is 25.4. The Morgan fingerprint density at radius 1 is 1.06 bits per heavy atom. The fourth-order valence-corrected chi connectivity index (χ4v) is 6.75. The number of nitrogens with zero attached hydrogens (tertiary/aromatic N) is 1. The summed E-state index contributed by atoms with van der Waals surface area (Å²) in [4.78, 5) is 40.9. The molecule has 1 aromatic rings. The molecule has 2 aliphatic rings. The van der Waals surface area contributed by atoms with Gasteiger partial charge in [0.15, 0.2) is 0 Å². The van der Waals surface area contributed by atoms with E-state index < -0.39 is 17.5 Å². The van der Waals surface area contributed by atoms with Gasteiger partial charge in [-0.05, 0) is 38.5 Å². The number of methoxy groups -OCH3 is 3. The summed E-state index contributed by atoms with van der Waals surface area (Å²) >= 11 is 8.21. The van der Waals surface area contributed by atoms with Gasteiger partial charge < -0.3 is 19.1 Å². The first-order valence-electron chi connectivity index (χ1n) is 10.6. The number of anilines is 1. The molecule has 182 valence electrons. The topological polar surface area (TPSA) is 82.1 Å². The first-order valence-corrected chi connectivity index (χ1v) is 12.7. The summed E-state index contributed by atoms with van der Waals surface area (Å²) in [6.07, 6.45) is 0.693. The van der Waals surface area contributed by atoms with E-state index >= 15 is 0 Å². The molecular formula is C24H27NO6S3. The van der Waals surface area contributed by atoms with Crippen LogP contribution in [-0.2, 0) is 23.9 Å². The van der Waals surface area contributed by atoms with Gasteiger partial charge in [0.1, 0.15) is 15.6 Å². The van der Waals surface area contributed by atoms with Gasteiger partial charge in [-0.2, -0.15) is 0 Å². The van der Waals surface area contributed by atoms with E-state index in [1.807, 2.05) is 39.8 Å². The van der Waals surface area contributed by atoms with E-state index in [0.29, 0.717) is 38.1 Å². The molecule has 0 N–H and O–H groups in total. The Kier molecular flexibility index (Phi) is 7.84. The molecule has 3 rings (SSSR count). The van der Waals surface area contributed by atoms with Crippen molar-refractivity contribution in [3.05, 3.63) is 37.8 Å². The lowest BCUT2D eigenvalue weighted by Crippen LogP contribution is -2.57. The van der Waals surface area contributed by atoms with E-state index in [9.17, 15) is 14.4 Å². The minimum Gasteiger partial charge on any atom is -0.497 e. The number of hydrogen-bond acceptors (Lipinski definition) is 9. The van der Waals surface area contributed by atoms with Crippen molar-refractivity contribution in [3.63, 3.8) is 0 Å². The van der Waals surface area contributed by atoms with Crippen LogP contribution in [0.15, 0.2) is 32.2 Å². The van der Waals surface area contributed by atoms with E-state index in [1.165, 1.54) is 14.2 Å². The Morgan fingerprint density at radius 3 is 2.09 bits per heavy atom. The van der Waals surface area contributed by atoms with Crippen LogP contribution in [0.1, 0.15) is 39.7 Å². The van der Waals surface area contributed by atoms with Crippen molar-refractivity contribution >= 4 is 69.7 Å². The Morgan fingerprint density at radius 2 is 1.62 bits per heavy atom. The molecule has 2 heterocycles. The molecule has 7 nitrogen and oxygen atoms in total. The van der Waals surface area contributed by atoms with Crippen molar-refractivity contribution in [3.8, 4) is 5.75 Å². The van der Waals surface area contributed by atoms with Crippen molar-refractivity contribution in [2.24, 2.45) is 5.92 Å². The van der Waals surface area contributed by atoms with Crippen LogP contribution in [-0.4, -0.2) is 49.6 Å². The summed E-state index contributed by atoms with van der Waals surface area (Å²) in [5.41, 5.74) is 1.24. The van der Waals surface area contributed by atoms with E-state index in [2.05, 4.69) is 0 Å². The van der Waals surface area contributed by atoms with Crippen molar-refractivity contribution < 1.29 is 28.6 Å². The molecule has 0 saturated heterocycles. The van der Waals surface area contributed by atoms with Crippen molar-refractivity contribution in [2.45, 2.75) is 39.7 Å². The van der Waals surface area contributed by atoms with Crippen LogP contribution in [0.5, 0.6) is 5.75 Å². The molecule has 0 aliphatic carbocycles. The smallest absolute Gasteiger partial charge is 0.346 e. The lowest BCUT2D eigenvalue weighted by molar-refractivity contribution is -0.138. The zero-order valence-electron chi connectivity index (χ0n) is 20.1. The second-order valence-electron chi connectivity index (χ2n) is 8.26. The maximum atomic E-state index is 13.5. The second kappa shape index (κ2) is 10.1. The van der Waals surface area contributed by atoms with Crippen LogP contribution < -0.4 is 9.64 Å². The van der Waals surface area contributed by atoms with Gasteiger partial charge in [0.25, 0.3) is 0 Å². The lowest BCUT2D eigenvalue weighted by atomic mass is 9.82. The van der Waals surface area contributed by atoms with Crippen molar-refractivity contribution in [1.29, 1.82) is 0 Å². The van der Waals surface area contributed by atoms with Crippen molar-refractivity contribution in [2.75, 3.05) is 26.2 Å². The largest absolute Gasteiger partial charge is 0.497 e. The predicted molar refractivity (Wildman–Crippen MR) is 140 cm³/mol. The quantitative estimate of drug-likeness (QED) is 0.304. The minimum absolute atomic E-state index is 0.0272. The van der Waals surface area contributed by atoms with E-state index in [1.54, 1.807) is 18.1 Å². The molecule has 0 bridgehead atoms. The van der Waals surface area contributed by atoms with Crippen LogP contribution in [0.3, 0.4) is 0 Å². The maximum absolute atomic E-state index is 13.5. The van der Waals surface area contributed by atoms with Gasteiger partial charge >= 0.3 is 11.9 Å². The molecule has 1 atom stereocenters. The molecule has 0 unspecified atom stereocenters. The first kappa shape index (κ1) is 26.3. The molecule has 0 spiro atoms. The minimum atomic E-state index is -0.833. The number of thiocarbonyl (C=S) groups is 1. The van der Waals surface area contributed by atoms with Gasteiger partial charge in [-0.3, -0.25) is 4.79 Å². The highest BCUT2D eigenvalue weighted by Crippen LogP contribution is 2.56. The van der Waals surface area contributed by atoms with Gasteiger partial charge in [0.2, 0.25) is 5.91 Å². The number of esters is 2. The summed E-state index contributed by atoms with van der Waals surface area (Å²) in [6, 6.07) is 5.47. The molecule has 1 amide bonds. The highest BCUT2D eigenvalue weighted by Gasteiger charge is 2.46. The zero-order valence-corrected chi connectivity index (χ0v) is 22.6. The SMILES string of the molecule is CC[C@@H](C)C(=O)N1c2ccc(OC)cc2C(=C2SC(C(=O)OC)=C(C(=O)OC)S2)C(=S)C1(C)C. The van der Waals surface area contributed by atoms with Crippen LogP contribution in [0.25, 0.3) is 5.57 Å². The normalized spacial score (nSPS) is 18.0. The van der Waals surface area contributed by atoms with E-state index in [0.717, 1.165) is 23.5 Å². The number of thioether (sulfide) groups is 2. The molecule has 0 saturated carbocycles. The number of rotatable bonds is 5. The fraction of sp³-hybridized carbons (Fsp3) is 0.417. The van der Waals surface area contributed by atoms with Gasteiger partial charge in [-0.25, -0.2) is 9.59 Å². The third-order valence-corrected chi connectivity index (χ3v) is 9.11. The van der Waals surface area contributed by atoms with E-state index in [-0.39, 0.29) is 21.6 Å². The van der Waals surface area contributed by atoms with Crippen molar-refractivity contribution in [1.82, 2.24) is 0 Å². The Bertz CT molecular complexity index is 1110. The highest BCUT2D eigenvalue weighted by molar-refractivity contribution is 8.29. The third kappa shape index (κ3) is 4.38. The molecule has 2 aliphatic heterocycles. The Balaban J connectivity index is 2.28. The first-order chi connectivity index (χ1) is 16.0. The number of carbonyl (C=O) groups excluding carboxylic acids is 3. The van der Waals surface area contributed by atoms with Gasteiger partial charge in [-0.1, -0.05) is 49.6 Å². The number of fused-ring (bicyclic) bond motifs is 1. The standard InChI is InChI=1S/C24H27NO6S3/c1-8-12(2)20(26)25-15-10-9-13(29-5)11-14(15)16(19(32)24(25,3)4)23-33-17(21(27)30-6)18(34-23)22(28)31-7/h9-12H,8H2,1-7H3/t12-/m1/s1. The van der Waals surface area contributed by atoms with Crippen LogP contribution in [0.4, 0.5) is 5.69 Å². The van der Waals surface area contributed by atoms with Gasteiger partial charge in [0, 0.05) is 17.1 Å². The molecule has 0 aromatic heterocycles. The monoisotopic (exact) mass is 521 g/mol. The summed E-state index contributed by atoms with van der Waals surface area (Å²) in [6.45, 7) is 7.68. The number of benzene rings is 1. The predicted octanol–water partition coefficient (Wildman–Crippen LogP) is 4.94. The number of amides is 1. The fourth-order valence-electron chi connectivity index (χ4n) is 3.72. The molecule has 0 fully saturated rings. The Labute approximate surface area is 213 Å². The highest BCUT2D eigenvalue weighted by atomic mass is 32.2. The lowest BCUT2D eigenvalue weighted by Gasteiger charge is -2.46. The van der Waals surface area contributed by atoms with Crippen LogP contribution in [0, 0.1) is 5.92 Å². The summed E-state index contributed by atoms with van der Waals surface area (Å²) in [7, 11) is 4.08. The Hall–Kier alpha value is -2.30. The average molecular weight is 522 g/mol. The molecular weight excluding hydrogens is 494 g/mol. The number of carbonyl (C=O) groups is 3. The average Bonchev–Trinajstić information content (AvgIpc) is 3.27. The summed E-state index contributed by atoms with van der Waals surface area (Å²) < 4.78 is 15.9. The second-order valence-corrected chi connectivity index (χ2v) is 11.0. The summed E-state index contributed by atoms with van der Waals surface area (Å²) in [5, 5.41) is 0. The van der Waals surface area contributed by atoms with E-state index in [4.69, 9.17) is 26.4 Å². The molecule has 0 radical (unpaired) electrons. The summed E-state index contributed by atoms with van der Waals surface area (Å²) in [5.74, 6) is -0.888. The van der Waals surface area contributed by atoms with Gasteiger partial charge in [0.05, 0.1) is 41.7 Å². The molecule has 34 heavy (non-hydrogen) atoms. The maximum Gasteiger partial charge on any atom is 0.346 e. The third-order valence-electron chi connectivity index (χ3n) is 5.85. The number of hydrogen-bond donors (Lipinski definition) is 0. The van der Waals surface area contributed by atoms with Gasteiger partial charge in [-0.15, -0.1) is 0 Å². The number of ether oxygens (including phenoxy) is 3. The molecule has 1 aromatic carbocycles. The van der Waals surface area contributed by atoms with Crippen LogP contribution >= 0.6 is 35.7 Å². The van der Waals surface area contributed by atoms with Crippen LogP contribution in [0.2, 0.25) is 0 Å².